The third-order valence-corrected chi connectivity index (χ3v) is 5.02. The van der Waals surface area contributed by atoms with E-state index in [0.717, 1.165) is 23.3 Å². The standard InChI is InChI=1S/C24H31ClN2O3/c1-4-14-26-24(29)19(3)27(17-20-8-5-7-18(2)16-20)23(28)9-6-15-30-22-12-10-21(25)11-13-22/h5,7-8,10-13,16,19H,4,6,9,14-15,17H2,1-3H3,(H,26,29). The van der Waals surface area contributed by atoms with Crippen LogP contribution < -0.4 is 10.1 Å². The van der Waals surface area contributed by atoms with Gasteiger partial charge in [-0.05, 0) is 56.5 Å². The summed E-state index contributed by atoms with van der Waals surface area (Å²) in [7, 11) is 0. The molecule has 0 heterocycles. The largest absolute Gasteiger partial charge is 0.494 e. The number of nitrogens with zero attached hydrogens (tertiary/aromatic N) is 1. The molecular weight excluding hydrogens is 400 g/mol. The molecule has 0 bridgehead atoms. The Bertz CT molecular complexity index is 823. The minimum Gasteiger partial charge on any atom is -0.494 e. The maximum Gasteiger partial charge on any atom is 0.242 e. The average Bonchev–Trinajstić information content (AvgIpc) is 2.74. The number of ether oxygens (including phenoxy) is 1. The second-order valence-electron chi connectivity index (χ2n) is 7.38. The van der Waals surface area contributed by atoms with Crippen LogP contribution in [0.15, 0.2) is 48.5 Å². The van der Waals surface area contributed by atoms with Gasteiger partial charge < -0.3 is 15.0 Å². The van der Waals surface area contributed by atoms with Gasteiger partial charge in [-0.15, -0.1) is 0 Å². The lowest BCUT2D eigenvalue weighted by atomic mass is 10.1. The summed E-state index contributed by atoms with van der Waals surface area (Å²) in [5, 5.41) is 3.54. The molecule has 0 saturated carbocycles. The van der Waals surface area contributed by atoms with Crippen molar-refractivity contribution >= 4 is 23.4 Å². The quantitative estimate of drug-likeness (QED) is 0.523. The topological polar surface area (TPSA) is 58.6 Å². The van der Waals surface area contributed by atoms with Gasteiger partial charge in [0.1, 0.15) is 11.8 Å². The van der Waals surface area contributed by atoms with Gasteiger partial charge in [0, 0.05) is 24.5 Å². The third-order valence-electron chi connectivity index (χ3n) is 4.77. The van der Waals surface area contributed by atoms with Crippen molar-refractivity contribution in [2.45, 2.75) is 52.6 Å². The lowest BCUT2D eigenvalue weighted by Crippen LogP contribution is -2.47. The van der Waals surface area contributed by atoms with Crippen molar-refractivity contribution in [3.8, 4) is 5.75 Å². The molecular formula is C24H31ClN2O3. The molecule has 2 amide bonds. The van der Waals surface area contributed by atoms with E-state index < -0.39 is 6.04 Å². The minimum absolute atomic E-state index is 0.0599. The van der Waals surface area contributed by atoms with Crippen LogP contribution in [0, 0.1) is 6.92 Å². The summed E-state index contributed by atoms with van der Waals surface area (Å²) in [6.07, 6.45) is 1.73. The lowest BCUT2D eigenvalue weighted by Gasteiger charge is -2.29. The maximum absolute atomic E-state index is 13.0. The van der Waals surface area contributed by atoms with Crippen molar-refractivity contribution in [2.24, 2.45) is 0 Å². The van der Waals surface area contributed by atoms with Gasteiger partial charge in [-0.25, -0.2) is 0 Å². The second-order valence-corrected chi connectivity index (χ2v) is 7.82. The molecule has 0 aliphatic heterocycles. The molecule has 1 unspecified atom stereocenters. The van der Waals surface area contributed by atoms with E-state index in [1.165, 1.54) is 0 Å². The summed E-state index contributed by atoms with van der Waals surface area (Å²) in [5.41, 5.74) is 2.13. The lowest BCUT2D eigenvalue weighted by molar-refractivity contribution is -0.140. The Labute approximate surface area is 184 Å². The van der Waals surface area contributed by atoms with E-state index in [0.29, 0.717) is 37.6 Å². The fraction of sp³-hybridized carbons (Fsp3) is 0.417. The fourth-order valence-electron chi connectivity index (χ4n) is 3.07. The molecule has 0 aliphatic rings. The first-order valence-corrected chi connectivity index (χ1v) is 10.8. The van der Waals surface area contributed by atoms with Crippen LogP contribution in [-0.2, 0) is 16.1 Å². The number of halogens is 1. The highest BCUT2D eigenvalue weighted by Gasteiger charge is 2.25. The summed E-state index contributed by atoms with van der Waals surface area (Å²) >= 11 is 5.87. The van der Waals surface area contributed by atoms with E-state index in [1.54, 1.807) is 36.1 Å². The molecule has 0 aromatic heterocycles. The Kier molecular flexibility index (Phi) is 9.68. The van der Waals surface area contributed by atoms with Gasteiger partial charge in [0.15, 0.2) is 0 Å². The highest BCUT2D eigenvalue weighted by molar-refractivity contribution is 6.30. The Morgan fingerprint density at radius 2 is 1.90 bits per heavy atom. The monoisotopic (exact) mass is 430 g/mol. The van der Waals surface area contributed by atoms with Gasteiger partial charge in [-0.3, -0.25) is 9.59 Å². The van der Waals surface area contributed by atoms with Crippen LogP contribution in [-0.4, -0.2) is 35.9 Å². The Balaban J connectivity index is 1.97. The second kappa shape index (κ2) is 12.2. The van der Waals surface area contributed by atoms with E-state index in [-0.39, 0.29) is 11.8 Å². The maximum atomic E-state index is 13.0. The first kappa shape index (κ1) is 23.7. The first-order chi connectivity index (χ1) is 14.4. The van der Waals surface area contributed by atoms with Crippen molar-refractivity contribution in [3.63, 3.8) is 0 Å². The first-order valence-electron chi connectivity index (χ1n) is 10.4. The molecule has 0 radical (unpaired) electrons. The molecule has 1 atom stereocenters. The third kappa shape index (κ3) is 7.71. The molecule has 0 aliphatic carbocycles. The predicted molar refractivity (Wildman–Crippen MR) is 121 cm³/mol. The molecule has 2 aromatic rings. The number of carbonyl (C=O) groups excluding carboxylic acids is 2. The van der Waals surface area contributed by atoms with Gasteiger partial charge in [0.25, 0.3) is 0 Å². The number of nitrogens with one attached hydrogen (secondary N) is 1. The Hall–Kier alpha value is -2.53. The van der Waals surface area contributed by atoms with E-state index in [2.05, 4.69) is 5.32 Å². The van der Waals surface area contributed by atoms with E-state index in [9.17, 15) is 9.59 Å². The molecule has 6 heteroatoms. The molecule has 0 spiro atoms. The number of aryl methyl sites for hydroxylation is 1. The normalized spacial score (nSPS) is 11.6. The van der Waals surface area contributed by atoms with Gasteiger partial charge in [-0.2, -0.15) is 0 Å². The van der Waals surface area contributed by atoms with Crippen LogP contribution in [0.3, 0.4) is 0 Å². The Morgan fingerprint density at radius 3 is 2.57 bits per heavy atom. The Morgan fingerprint density at radius 1 is 1.17 bits per heavy atom. The molecule has 5 nitrogen and oxygen atoms in total. The van der Waals surface area contributed by atoms with Crippen LogP contribution in [0.2, 0.25) is 5.02 Å². The van der Waals surface area contributed by atoms with Crippen molar-refractivity contribution in [1.29, 1.82) is 0 Å². The van der Waals surface area contributed by atoms with Crippen LogP contribution in [0.1, 0.15) is 44.2 Å². The molecule has 1 N–H and O–H groups in total. The summed E-state index contributed by atoms with van der Waals surface area (Å²) in [6, 6.07) is 14.6. The van der Waals surface area contributed by atoms with Crippen molar-refractivity contribution in [1.82, 2.24) is 10.2 Å². The molecule has 0 fully saturated rings. The van der Waals surface area contributed by atoms with Crippen LogP contribution in [0.25, 0.3) is 0 Å². The number of hydrogen-bond donors (Lipinski definition) is 1. The van der Waals surface area contributed by atoms with Crippen LogP contribution >= 0.6 is 11.6 Å². The number of hydrogen-bond acceptors (Lipinski definition) is 3. The van der Waals surface area contributed by atoms with Crippen molar-refractivity contribution in [2.75, 3.05) is 13.2 Å². The summed E-state index contributed by atoms with van der Waals surface area (Å²) in [5.74, 6) is 0.529. The zero-order chi connectivity index (χ0) is 21.9. The van der Waals surface area contributed by atoms with Gasteiger partial charge in [0.05, 0.1) is 6.61 Å². The molecule has 30 heavy (non-hydrogen) atoms. The zero-order valence-corrected chi connectivity index (χ0v) is 18.7. The average molecular weight is 431 g/mol. The molecule has 162 valence electrons. The van der Waals surface area contributed by atoms with Crippen LogP contribution in [0.5, 0.6) is 5.75 Å². The molecule has 2 aromatic carbocycles. The number of rotatable bonds is 11. The fourth-order valence-corrected chi connectivity index (χ4v) is 3.20. The van der Waals surface area contributed by atoms with Gasteiger partial charge in [-0.1, -0.05) is 48.4 Å². The summed E-state index contributed by atoms with van der Waals surface area (Å²) in [6.45, 7) is 7.22. The predicted octanol–water partition coefficient (Wildman–Crippen LogP) is 4.75. The summed E-state index contributed by atoms with van der Waals surface area (Å²) in [4.78, 5) is 27.1. The zero-order valence-electron chi connectivity index (χ0n) is 18.0. The van der Waals surface area contributed by atoms with Crippen LogP contribution in [0.4, 0.5) is 0 Å². The molecule has 2 rings (SSSR count). The molecule has 0 saturated heterocycles. The summed E-state index contributed by atoms with van der Waals surface area (Å²) < 4.78 is 5.68. The SMILES string of the molecule is CCCNC(=O)C(C)N(Cc1cccc(C)c1)C(=O)CCCOc1ccc(Cl)cc1. The number of amides is 2. The van der Waals surface area contributed by atoms with Crippen molar-refractivity contribution in [3.05, 3.63) is 64.7 Å². The number of carbonyl (C=O) groups is 2. The van der Waals surface area contributed by atoms with E-state index in [4.69, 9.17) is 16.3 Å². The smallest absolute Gasteiger partial charge is 0.242 e. The van der Waals surface area contributed by atoms with E-state index >= 15 is 0 Å². The highest BCUT2D eigenvalue weighted by Crippen LogP contribution is 2.17. The highest BCUT2D eigenvalue weighted by atomic mass is 35.5. The van der Waals surface area contributed by atoms with E-state index in [1.807, 2.05) is 38.1 Å². The van der Waals surface area contributed by atoms with Gasteiger partial charge in [0.2, 0.25) is 11.8 Å². The van der Waals surface area contributed by atoms with Gasteiger partial charge >= 0.3 is 0 Å². The van der Waals surface area contributed by atoms with Crippen molar-refractivity contribution < 1.29 is 14.3 Å². The minimum atomic E-state index is -0.540. The number of benzene rings is 2.